The third-order valence-corrected chi connectivity index (χ3v) is 5.25. The topological polar surface area (TPSA) is 68.5 Å². The van der Waals surface area contributed by atoms with Crippen LogP contribution >= 0.6 is 0 Å². The highest BCUT2D eigenvalue weighted by atomic mass is 19.1. The number of carbonyl (C=O) groups is 1. The van der Waals surface area contributed by atoms with Gasteiger partial charge in [-0.1, -0.05) is 12.1 Å². The Bertz CT molecular complexity index is 962. The van der Waals surface area contributed by atoms with E-state index in [1.165, 1.54) is 19.2 Å². The average molecular weight is 395 g/mol. The molecule has 6 nitrogen and oxygen atoms in total. The summed E-state index contributed by atoms with van der Waals surface area (Å²) in [6, 6.07) is 13.6. The van der Waals surface area contributed by atoms with Crippen LogP contribution in [-0.2, 0) is 11.3 Å². The molecular weight excluding hydrogens is 373 g/mol. The van der Waals surface area contributed by atoms with Crippen molar-refractivity contribution in [2.24, 2.45) is 0 Å². The van der Waals surface area contributed by atoms with E-state index in [-0.39, 0.29) is 17.7 Å². The molecule has 1 aromatic heterocycles. The molecule has 0 radical (unpaired) electrons. The Morgan fingerprint density at radius 3 is 2.45 bits per heavy atom. The summed E-state index contributed by atoms with van der Waals surface area (Å²) < 4.78 is 23.6. The summed E-state index contributed by atoms with van der Waals surface area (Å²) in [7, 11) is 1.38. The highest BCUT2D eigenvalue weighted by Crippen LogP contribution is 2.30. The molecule has 150 valence electrons. The van der Waals surface area contributed by atoms with Gasteiger partial charge < -0.3 is 9.15 Å². The van der Waals surface area contributed by atoms with Crippen molar-refractivity contribution in [3.8, 4) is 11.5 Å². The summed E-state index contributed by atoms with van der Waals surface area (Å²) in [6.07, 6.45) is 1.87. The molecule has 0 saturated carbocycles. The number of esters is 1. The molecule has 0 spiro atoms. The van der Waals surface area contributed by atoms with Crippen LogP contribution in [0.1, 0.15) is 40.6 Å². The van der Waals surface area contributed by atoms with Gasteiger partial charge in [0.1, 0.15) is 5.82 Å². The lowest BCUT2D eigenvalue weighted by Crippen LogP contribution is -2.32. The van der Waals surface area contributed by atoms with Crippen molar-refractivity contribution >= 4 is 5.97 Å². The Labute approximate surface area is 168 Å². The Kier molecular flexibility index (Phi) is 5.67. The predicted octanol–water partition coefficient (Wildman–Crippen LogP) is 4.04. The first-order valence-corrected chi connectivity index (χ1v) is 9.61. The van der Waals surface area contributed by atoms with Crippen molar-refractivity contribution in [2.75, 3.05) is 20.2 Å². The third-order valence-electron chi connectivity index (χ3n) is 5.25. The first-order valence-electron chi connectivity index (χ1n) is 9.61. The Balaban J connectivity index is 1.32. The van der Waals surface area contributed by atoms with Gasteiger partial charge in [-0.3, -0.25) is 4.90 Å². The minimum absolute atomic E-state index is 0.231. The quantitative estimate of drug-likeness (QED) is 0.608. The molecule has 1 fully saturated rings. The lowest BCUT2D eigenvalue weighted by molar-refractivity contribution is 0.0600. The van der Waals surface area contributed by atoms with Crippen molar-refractivity contribution in [2.45, 2.75) is 25.3 Å². The van der Waals surface area contributed by atoms with E-state index in [0.717, 1.165) is 43.6 Å². The lowest BCUT2D eigenvalue weighted by Gasteiger charge is -2.30. The number of hydrogen-bond donors (Lipinski definition) is 0. The summed E-state index contributed by atoms with van der Waals surface area (Å²) in [5.41, 5.74) is 2.44. The fourth-order valence-electron chi connectivity index (χ4n) is 3.57. The van der Waals surface area contributed by atoms with E-state index in [9.17, 15) is 9.18 Å². The monoisotopic (exact) mass is 395 g/mol. The molecule has 0 unspecified atom stereocenters. The lowest BCUT2D eigenvalue weighted by atomic mass is 9.96. The largest absolute Gasteiger partial charge is 0.465 e. The maximum absolute atomic E-state index is 13.1. The standard InChI is InChI=1S/C22H22FN3O3/c1-28-22(27)18-4-2-15(3-5-18)14-26-12-10-17(11-13-26)21-25-24-20(29-21)16-6-8-19(23)9-7-16/h2-9,17H,10-14H2,1H3. The van der Waals surface area contributed by atoms with E-state index in [4.69, 9.17) is 9.15 Å². The van der Waals surface area contributed by atoms with E-state index in [0.29, 0.717) is 17.3 Å². The molecule has 0 bridgehead atoms. The average Bonchev–Trinajstić information content (AvgIpc) is 3.25. The number of halogens is 1. The van der Waals surface area contributed by atoms with Crippen molar-refractivity contribution in [3.63, 3.8) is 0 Å². The van der Waals surface area contributed by atoms with Gasteiger partial charge in [-0.15, -0.1) is 10.2 Å². The minimum Gasteiger partial charge on any atom is -0.465 e. The number of nitrogens with zero attached hydrogens (tertiary/aromatic N) is 3. The van der Waals surface area contributed by atoms with Gasteiger partial charge in [-0.2, -0.15) is 0 Å². The van der Waals surface area contributed by atoms with Crippen LogP contribution in [0.25, 0.3) is 11.5 Å². The normalized spacial score (nSPS) is 15.4. The van der Waals surface area contributed by atoms with Crippen LogP contribution in [0, 0.1) is 5.82 Å². The Morgan fingerprint density at radius 1 is 1.10 bits per heavy atom. The number of aromatic nitrogens is 2. The highest BCUT2D eigenvalue weighted by molar-refractivity contribution is 5.89. The maximum Gasteiger partial charge on any atom is 0.337 e. The molecule has 4 rings (SSSR count). The van der Waals surface area contributed by atoms with Crippen LogP contribution < -0.4 is 0 Å². The summed E-state index contributed by atoms with van der Waals surface area (Å²) in [6.45, 7) is 2.69. The van der Waals surface area contributed by atoms with Crippen LogP contribution in [0.3, 0.4) is 0 Å². The van der Waals surface area contributed by atoms with Gasteiger partial charge in [0.25, 0.3) is 0 Å². The van der Waals surface area contributed by atoms with Gasteiger partial charge in [0.2, 0.25) is 11.8 Å². The van der Waals surface area contributed by atoms with E-state index >= 15 is 0 Å². The summed E-state index contributed by atoms with van der Waals surface area (Å²) >= 11 is 0. The fraction of sp³-hybridized carbons (Fsp3) is 0.318. The Morgan fingerprint density at radius 2 is 1.79 bits per heavy atom. The predicted molar refractivity (Wildman–Crippen MR) is 105 cm³/mol. The van der Waals surface area contributed by atoms with Crippen LogP contribution in [0.15, 0.2) is 52.9 Å². The number of benzene rings is 2. The molecule has 2 heterocycles. The van der Waals surface area contributed by atoms with Gasteiger partial charge in [-0.05, 0) is 67.9 Å². The molecule has 1 aliphatic rings. The number of piperidine rings is 1. The minimum atomic E-state index is -0.322. The van der Waals surface area contributed by atoms with E-state index < -0.39 is 0 Å². The summed E-state index contributed by atoms with van der Waals surface area (Å²) in [5, 5.41) is 8.33. The maximum atomic E-state index is 13.1. The SMILES string of the molecule is COC(=O)c1ccc(CN2CCC(c3nnc(-c4ccc(F)cc4)o3)CC2)cc1. The molecule has 0 amide bonds. The molecule has 1 aliphatic heterocycles. The van der Waals surface area contributed by atoms with Crippen LogP contribution in [0.5, 0.6) is 0 Å². The number of methoxy groups -OCH3 is 1. The van der Waals surface area contributed by atoms with Crippen molar-refractivity contribution in [3.05, 3.63) is 71.4 Å². The molecule has 0 atom stereocenters. The van der Waals surface area contributed by atoms with Gasteiger partial charge >= 0.3 is 5.97 Å². The molecule has 3 aromatic rings. The van der Waals surface area contributed by atoms with Crippen LogP contribution in [0.2, 0.25) is 0 Å². The van der Waals surface area contributed by atoms with Crippen LogP contribution in [0.4, 0.5) is 4.39 Å². The van der Waals surface area contributed by atoms with E-state index in [1.807, 2.05) is 12.1 Å². The van der Waals surface area contributed by atoms with E-state index in [1.54, 1.807) is 24.3 Å². The van der Waals surface area contributed by atoms with E-state index in [2.05, 4.69) is 15.1 Å². The van der Waals surface area contributed by atoms with Crippen LogP contribution in [-0.4, -0.2) is 41.3 Å². The zero-order chi connectivity index (χ0) is 20.2. The first kappa shape index (κ1) is 19.3. The number of hydrogen-bond acceptors (Lipinski definition) is 6. The van der Waals surface area contributed by atoms with Crippen molar-refractivity contribution in [1.82, 2.24) is 15.1 Å². The molecule has 0 aliphatic carbocycles. The molecule has 1 saturated heterocycles. The number of carbonyl (C=O) groups excluding carboxylic acids is 1. The zero-order valence-electron chi connectivity index (χ0n) is 16.2. The van der Waals surface area contributed by atoms with Crippen molar-refractivity contribution in [1.29, 1.82) is 0 Å². The summed E-state index contributed by atoms with van der Waals surface area (Å²) in [5.74, 6) is 0.687. The molecule has 0 N–H and O–H groups in total. The highest BCUT2D eigenvalue weighted by Gasteiger charge is 2.25. The molecule has 2 aromatic carbocycles. The second-order valence-electron chi connectivity index (χ2n) is 7.19. The number of likely N-dealkylation sites (tertiary alicyclic amines) is 1. The second-order valence-corrected chi connectivity index (χ2v) is 7.19. The summed E-state index contributed by atoms with van der Waals surface area (Å²) in [4.78, 5) is 13.9. The van der Waals surface area contributed by atoms with Gasteiger partial charge in [0.05, 0.1) is 12.7 Å². The van der Waals surface area contributed by atoms with Gasteiger partial charge in [0, 0.05) is 18.0 Å². The zero-order valence-corrected chi connectivity index (χ0v) is 16.2. The molecule has 29 heavy (non-hydrogen) atoms. The number of rotatable bonds is 5. The fourth-order valence-corrected chi connectivity index (χ4v) is 3.57. The third kappa shape index (κ3) is 4.51. The number of ether oxygens (including phenoxy) is 1. The Hall–Kier alpha value is -3.06. The molecule has 7 heteroatoms. The van der Waals surface area contributed by atoms with Crippen molar-refractivity contribution < 1.29 is 18.3 Å². The van der Waals surface area contributed by atoms with Gasteiger partial charge in [-0.25, -0.2) is 9.18 Å². The van der Waals surface area contributed by atoms with Gasteiger partial charge in [0.15, 0.2) is 0 Å². The molecular formula is C22H22FN3O3. The second kappa shape index (κ2) is 8.53. The smallest absolute Gasteiger partial charge is 0.337 e. The first-order chi connectivity index (χ1) is 14.1.